The molecule has 1 aromatic heterocycles. The van der Waals surface area contributed by atoms with Crippen molar-refractivity contribution in [2.75, 3.05) is 19.0 Å². The molecule has 0 atom stereocenters. The van der Waals surface area contributed by atoms with Crippen molar-refractivity contribution in [1.82, 2.24) is 4.98 Å². The Bertz CT molecular complexity index is 248. The van der Waals surface area contributed by atoms with Crippen LogP contribution in [-0.4, -0.2) is 24.6 Å². The second kappa shape index (κ2) is 4.46. The first kappa shape index (κ1) is 8.67. The zero-order chi connectivity index (χ0) is 8.81. The van der Waals surface area contributed by atoms with Gasteiger partial charge in [-0.25, -0.2) is 4.98 Å². The Labute approximate surface area is 70.6 Å². The average Bonchev–Trinajstić information content (AvgIpc) is 2.06. The second-order valence-corrected chi connectivity index (χ2v) is 2.20. The third-order valence-electron chi connectivity index (χ3n) is 1.21. The molecule has 1 aromatic rings. The quantitative estimate of drug-likeness (QED) is 0.717. The van der Waals surface area contributed by atoms with Crippen molar-refractivity contribution in [3.8, 4) is 0 Å². The van der Waals surface area contributed by atoms with Gasteiger partial charge < -0.3 is 10.1 Å². The van der Waals surface area contributed by atoms with Crippen molar-refractivity contribution < 1.29 is 9.53 Å². The number of nitrogens with one attached hydrogen (secondary N) is 1. The largest absolute Gasteiger partial charge is 0.375 e. The number of carbonyl (C=O) groups excluding carboxylic acids is 1. The molecule has 1 N–H and O–H groups in total. The van der Waals surface area contributed by atoms with Crippen LogP contribution in [0.1, 0.15) is 0 Å². The normalized spacial score (nSPS) is 9.42. The highest BCUT2D eigenvalue weighted by atomic mass is 16.5. The van der Waals surface area contributed by atoms with Crippen LogP contribution in [0.3, 0.4) is 0 Å². The first-order valence-corrected chi connectivity index (χ1v) is 3.53. The van der Waals surface area contributed by atoms with Crippen LogP contribution in [0.4, 0.5) is 5.82 Å². The van der Waals surface area contributed by atoms with Crippen molar-refractivity contribution >= 4 is 11.7 Å². The average molecular weight is 166 g/mol. The van der Waals surface area contributed by atoms with Crippen molar-refractivity contribution in [1.29, 1.82) is 0 Å². The summed E-state index contributed by atoms with van der Waals surface area (Å²) in [5.41, 5.74) is 0. The van der Waals surface area contributed by atoms with Crippen LogP contribution < -0.4 is 5.32 Å². The first-order chi connectivity index (χ1) is 5.83. The summed E-state index contributed by atoms with van der Waals surface area (Å²) in [6.45, 7) is 0.0522. The monoisotopic (exact) mass is 166 g/mol. The van der Waals surface area contributed by atoms with E-state index in [-0.39, 0.29) is 12.5 Å². The maximum Gasteiger partial charge on any atom is 0.251 e. The van der Waals surface area contributed by atoms with Gasteiger partial charge in [-0.05, 0) is 12.1 Å². The Morgan fingerprint density at radius 2 is 2.50 bits per heavy atom. The Hall–Kier alpha value is -1.42. The number of amides is 1. The van der Waals surface area contributed by atoms with Crippen LogP contribution in [0.5, 0.6) is 0 Å². The molecule has 0 unspecified atom stereocenters. The molecule has 4 nitrogen and oxygen atoms in total. The lowest BCUT2D eigenvalue weighted by atomic mass is 10.4. The SMILES string of the molecule is COCC(=O)Nc1ccccn1. The minimum absolute atomic E-state index is 0.0522. The molecule has 0 saturated heterocycles. The van der Waals surface area contributed by atoms with Gasteiger partial charge in [0, 0.05) is 13.3 Å². The molecule has 0 aromatic carbocycles. The molecule has 64 valence electrons. The van der Waals surface area contributed by atoms with Crippen LogP contribution in [0.25, 0.3) is 0 Å². The fourth-order valence-corrected chi connectivity index (χ4v) is 0.747. The summed E-state index contributed by atoms with van der Waals surface area (Å²) in [4.78, 5) is 14.8. The zero-order valence-corrected chi connectivity index (χ0v) is 6.78. The number of hydrogen-bond donors (Lipinski definition) is 1. The summed E-state index contributed by atoms with van der Waals surface area (Å²) < 4.78 is 4.64. The van der Waals surface area contributed by atoms with Gasteiger partial charge in [-0.3, -0.25) is 4.79 Å². The van der Waals surface area contributed by atoms with Gasteiger partial charge in [0.15, 0.2) is 0 Å². The Kier molecular flexibility index (Phi) is 3.22. The van der Waals surface area contributed by atoms with E-state index in [0.717, 1.165) is 0 Å². The Morgan fingerprint density at radius 1 is 1.67 bits per heavy atom. The third-order valence-corrected chi connectivity index (χ3v) is 1.21. The van der Waals surface area contributed by atoms with E-state index >= 15 is 0 Å². The van der Waals surface area contributed by atoms with Gasteiger partial charge in [-0.1, -0.05) is 6.07 Å². The lowest BCUT2D eigenvalue weighted by Gasteiger charge is -2.01. The number of carbonyl (C=O) groups is 1. The molecular formula is C8H10N2O2. The second-order valence-electron chi connectivity index (χ2n) is 2.20. The molecule has 1 rings (SSSR count). The summed E-state index contributed by atoms with van der Waals surface area (Å²) in [6.07, 6.45) is 1.61. The molecular weight excluding hydrogens is 156 g/mol. The standard InChI is InChI=1S/C8H10N2O2/c1-12-6-8(11)10-7-4-2-3-5-9-7/h2-5H,6H2,1H3,(H,9,10,11). The molecule has 0 aliphatic carbocycles. The van der Waals surface area contributed by atoms with Crippen molar-refractivity contribution in [2.24, 2.45) is 0 Å². The van der Waals surface area contributed by atoms with Crippen molar-refractivity contribution in [2.45, 2.75) is 0 Å². The van der Waals surface area contributed by atoms with Gasteiger partial charge >= 0.3 is 0 Å². The van der Waals surface area contributed by atoms with E-state index in [9.17, 15) is 4.79 Å². The Morgan fingerprint density at radius 3 is 3.08 bits per heavy atom. The smallest absolute Gasteiger partial charge is 0.251 e. The van der Waals surface area contributed by atoms with E-state index < -0.39 is 0 Å². The predicted octanol–water partition coefficient (Wildman–Crippen LogP) is 0.666. The van der Waals surface area contributed by atoms with E-state index in [4.69, 9.17) is 0 Å². The molecule has 4 heteroatoms. The minimum atomic E-state index is -0.198. The maximum absolute atomic E-state index is 10.9. The van der Waals surface area contributed by atoms with E-state index in [1.54, 1.807) is 24.4 Å². The van der Waals surface area contributed by atoms with Gasteiger partial charge in [0.1, 0.15) is 12.4 Å². The molecule has 0 fully saturated rings. The van der Waals surface area contributed by atoms with Crippen molar-refractivity contribution in [3.05, 3.63) is 24.4 Å². The third kappa shape index (κ3) is 2.67. The number of aromatic nitrogens is 1. The molecule has 1 heterocycles. The van der Waals surface area contributed by atoms with Gasteiger partial charge in [-0.15, -0.1) is 0 Å². The number of anilines is 1. The van der Waals surface area contributed by atoms with E-state index in [1.165, 1.54) is 7.11 Å². The van der Waals surface area contributed by atoms with E-state index in [2.05, 4.69) is 15.0 Å². The number of methoxy groups -OCH3 is 1. The lowest BCUT2D eigenvalue weighted by Crippen LogP contribution is -2.17. The summed E-state index contributed by atoms with van der Waals surface area (Å²) in [5, 5.41) is 2.57. The highest BCUT2D eigenvalue weighted by molar-refractivity contribution is 5.90. The molecule has 12 heavy (non-hydrogen) atoms. The first-order valence-electron chi connectivity index (χ1n) is 3.53. The van der Waals surface area contributed by atoms with Crippen molar-refractivity contribution in [3.63, 3.8) is 0 Å². The highest BCUT2D eigenvalue weighted by Gasteiger charge is 1.99. The van der Waals surface area contributed by atoms with Gasteiger partial charge in [0.05, 0.1) is 0 Å². The maximum atomic E-state index is 10.9. The lowest BCUT2D eigenvalue weighted by molar-refractivity contribution is -0.119. The summed E-state index contributed by atoms with van der Waals surface area (Å²) in [7, 11) is 1.47. The summed E-state index contributed by atoms with van der Waals surface area (Å²) in [6, 6.07) is 5.30. The molecule has 0 aliphatic rings. The van der Waals surface area contributed by atoms with E-state index in [0.29, 0.717) is 5.82 Å². The van der Waals surface area contributed by atoms with Crippen LogP contribution in [0.2, 0.25) is 0 Å². The van der Waals surface area contributed by atoms with Gasteiger partial charge in [-0.2, -0.15) is 0 Å². The van der Waals surface area contributed by atoms with Crippen LogP contribution >= 0.6 is 0 Å². The molecule has 0 aliphatic heterocycles. The number of nitrogens with zero attached hydrogens (tertiary/aromatic N) is 1. The minimum Gasteiger partial charge on any atom is -0.375 e. The molecule has 0 saturated carbocycles. The summed E-state index contributed by atoms with van der Waals surface area (Å²) in [5.74, 6) is 0.343. The number of hydrogen-bond acceptors (Lipinski definition) is 3. The van der Waals surface area contributed by atoms with Gasteiger partial charge in [0.2, 0.25) is 0 Å². The summed E-state index contributed by atoms with van der Waals surface area (Å²) >= 11 is 0. The zero-order valence-electron chi connectivity index (χ0n) is 6.78. The van der Waals surface area contributed by atoms with Crippen LogP contribution in [0.15, 0.2) is 24.4 Å². The Balaban J connectivity index is 2.47. The predicted molar refractivity (Wildman–Crippen MR) is 44.7 cm³/mol. The van der Waals surface area contributed by atoms with Crippen LogP contribution in [-0.2, 0) is 9.53 Å². The topological polar surface area (TPSA) is 51.2 Å². The molecule has 0 spiro atoms. The molecule has 0 bridgehead atoms. The van der Waals surface area contributed by atoms with Crippen LogP contribution in [0, 0.1) is 0 Å². The van der Waals surface area contributed by atoms with Gasteiger partial charge in [0.25, 0.3) is 5.91 Å². The molecule has 1 amide bonds. The molecule has 0 radical (unpaired) electrons. The fourth-order valence-electron chi connectivity index (χ4n) is 0.747. The number of rotatable bonds is 3. The number of ether oxygens (including phenoxy) is 1. The fraction of sp³-hybridized carbons (Fsp3) is 0.250. The highest BCUT2D eigenvalue weighted by Crippen LogP contribution is 1.98. The van der Waals surface area contributed by atoms with E-state index in [1.807, 2.05) is 0 Å². The number of pyridine rings is 1.